The van der Waals surface area contributed by atoms with Gasteiger partial charge < -0.3 is 9.47 Å². The minimum Gasteiger partial charge on any atom is -0.338 e. The molecule has 8 heteroatoms. The Bertz CT molecular complexity index is 1640. The average Bonchev–Trinajstić information content (AvgIpc) is 3.59. The van der Waals surface area contributed by atoms with Gasteiger partial charge in [-0.1, -0.05) is 54.6 Å². The van der Waals surface area contributed by atoms with Crippen molar-refractivity contribution in [3.05, 3.63) is 112 Å². The number of rotatable bonds is 7. The van der Waals surface area contributed by atoms with Gasteiger partial charge in [0.1, 0.15) is 17.7 Å². The molecule has 6 rings (SSSR count). The van der Waals surface area contributed by atoms with E-state index < -0.39 is 0 Å². The standard InChI is InChI=1S/C32H35N7O/c1-22-9-7-8-12-27(22)18-28-23(2)35-31-29(19-34-39(31)24(28)3)32(40)37-15-13-25(14-16-37)17-30-36-33-21-38(30)20-26-10-5-4-6-11-26/h4-12,19,21,25H,13-18,20H2,1-3H3. The summed E-state index contributed by atoms with van der Waals surface area (Å²) in [5, 5.41) is 13.2. The molecule has 0 bridgehead atoms. The number of aryl methyl sites for hydroxylation is 3. The molecule has 5 aromatic rings. The number of piperidine rings is 1. The predicted molar refractivity (Wildman–Crippen MR) is 154 cm³/mol. The molecular formula is C32H35N7O. The molecule has 40 heavy (non-hydrogen) atoms. The van der Waals surface area contributed by atoms with Crippen molar-refractivity contribution in [3.8, 4) is 0 Å². The molecule has 0 unspecified atom stereocenters. The summed E-state index contributed by atoms with van der Waals surface area (Å²) < 4.78 is 3.97. The van der Waals surface area contributed by atoms with Crippen molar-refractivity contribution < 1.29 is 4.79 Å². The highest BCUT2D eigenvalue weighted by Crippen LogP contribution is 2.25. The predicted octanol–water partition coefficient (Wildman–Crippen LogP) is 4.98. The van der Waals surface area contributed by atoms with Crippen LogP contribution in [0, 0.1) is 26.7 Å². The molecule has 1 amide bonds. The molecule has 4 heterocycles. The molecule has 1 aliphatic heterocycles. The number of nitrogens with zero attached hydrogens (tertiary/aromatic N) is 7. The van der Waals surface area contributed by atoms with Gasteiger partial charge in [0.15, 0.2) is 5.65 Å². The van der Waals surface area contributed by atoms with Gasteiger partial charge in [-0.2, -0.15) is 5.10 Å². The van der Waals surface area contributed by atoms with Crippen molar-refractivity contribution in [2.75, 3.05) is 13.1 Å². The van der Waals surface area contributed by atoms with E-state index in [0.717, 1.165) is 68.1 Å². The van der Waals surface area contributed by atoms with Crippen LogP contribution < -0.4 is 0 Å². The Balaban J connectivity index is 1.13. The van der Waals surface area contributed by atoms with Gasteiger partial charge in [-0.3, -0.25) is 4.79 Å². The number of benzene rings is 2. The molecule has 3 aromatic heterocycles. The molecular weight excluding hydrogens is 498 g/mol. The normalized spacial score (nSPS) is 14.2. The number of likely N-dealkylation sites (tertiary alicyclic amines) is 1. The van der Waals surface area contributed by atoms with Crippen LogP contribution in [0.1, 0.15) is 62.7 Å². The lowest BCUT2D eigenvalue weighted by Crippen LogP contribution is -2.39. The van der Waals surface area contributed by atoms with Crippen molar-refractivity contribution in [2.45, 2.75) is 53.0 Å². The van der Waals surface area contributed by atoms with Crippen molar-refractivity contribution in [2.24, 2.45) is 5.92 Å². The Hall–Kier alpha value is -4.33. The summed E-state index contributed by atoms with van der Waals surface area (Å²) in [5.41, 5.74) is 8.13. The quantitative estimate of drug-likeness (QED) is 0.295. The van der Waals surface area contributed by atoms with Gasteiger partial charge in [0.2, 0.25) is 0 Å². The molecule has 1 aliphatic rings. The van der Waals surface area contributed by atoms with E-state index in [-0.39, 0.29) is 5.91 Å². The average molecular weight is 534 g/mol. The minimum atomic E-state index is 0.0126. The van der Waals surface area contributed by atoms with Crippen LogP contribution in [-0.4, -0.2) is 53.3 Å². The first-order valence-electron chi connectivity index (χ1n) is 14.1. The number of amides is 1. The fraction of sp³-hybridized carbons (Fsp3) is 0.344. The molecule has 0 aliphatic carbocycles. The van der Waals surface area contributed by atoms with E-state index >= 15 is 0 Å². The van der Waals surface area contributed by atoms with Gasteiger partial charge in [-0.15, -0.1) is 10.2 Å². The second-order valence-electron chi connectivity index (χ2n) is 11.0. The first-order chi connectivity index (χ1) is 19.5. The van der Waals surface area contributed by atoms with Crippen molar-refractivity contribution >= 4 is 11.6 Å². The van der Waals surface area contributed by atoms with Crippen LogP contribution in [0.4, 0.5) is 0 Å². The van der Waals surface area contributed by atoms with E-state index in [2.05, 4.69) is 82.2 Å². The molecule has 1 saturated heterocycles. The van der Waals surface area contributed by atoms with Gasteiger partial charge >= 0.3 is 0 Å². The molecule has 0 radical (unpaired) electrons. The first kappa shape index (κ1) is 25.9. The van der Waals surface area contributed by atoms with E-state index in [1.807, 2.05) is 28.7 Å². The fourth-order valence-corrected chi connectivity index (χ4v) is 5.83. The Kier molecular flexibility index (Phi) is 7.15. The van der Waals surface area contributed by atoms with Crippen LogP contribution in [0.25, 0.3) is 5.65 Å². The van der Waals surface area contributed by atoms with Gasteiger partial charge in [-0.05, 0) is 61.8 Å². The lowest BCUT2D eigenvalue weighted by atomic mass is 9.93. The summed E-state index contributed by atoms with van der Waals surface area (Å²) in [6, 6.07) is 18.8. The van der Waals surface area contributed by atoms with E-state index in [1.165, 1.54) is 16.7 Å². The van der Waals surface area contributed by atoms with Crippen LogP contribution >= 0.6 is 0 Å². The van der Waals surface area contributed by atoms with E-state index in [4.69, 9.17) is 4.98 Å². The summed E-state index contributed by atoms with van der Waals surface area (Å²) in [6.45, 7) is 8.44. The zero-order valence-electron chi connectivity index (χ0n) is 23.4. The SMILES string of the molecule is Cc1ccccc1Cc1c(C)nc2c(C(=O)N3CCC(Cc4nncn4Cc4ccccc4)CC3)cnn2c1C. The molecule has 1 fully saturated rings. The molecule has 2 aromatic carbocycles. The topological polar surface area (TPSA) is 81.2 Å². The molecule has 0 saturated carbocycles. The third-order valence-corrected chi connectivity index (χ3v) is 8.33. The number of hydrogen-bond acceptors (Lipinski definition) is 5. The first-order valence-corrected chi connectivity index (χ1v) is 14.1. The zero-order valence-corrected chi connectivity index (χ0v) is 23.4. The van der Waals surface area contributed by atoms with Crippen LogP contribution in [0.5, 0.6) is 0 Å². The highest BCUT2D eigenvalue weighted by atomic mass is 16.2. The summed E-state index contributed by atoms with van der Waals surface area (Å²) in [6.07, 6.45) is 7.05. The second kappa shape index (κ2) is 11.0. The van der Waals surface area contributed by atoms with Crippen molar-refractivity contribution in [1.82, 2.24) is 34.3 Å². The van der Waals surface area contributed by atoms with Crippen LogP contribution in [-0.2, 0) is 19.4 Å². The Labute approximate surface area is 234 Å². The number of carbonyl (C=O) groups is 1. The summed E-state index contributed by atoms with van der Waals surface area (Å²) in [4.78, 5) is 20.4. The largest absolute Gasteiger partial charge is 0.338 e. The Morgan fingerprint density at radius 1 is 0.975 bits per heavy atom. The number of fused-ring (bicyclic) bond motifs is 1. The van der Waals surface area contributed by atoms with E-state index in [0.29, 0.717) is 17.1 Å². The Morgan fingerprint density at radius 2 is 1.73 bits per heavy atom. The zero-order chi connectivity index (χ0) is 27.6. The maximum atomic E-state index is 13.6. The van der Waals surface area contributed by atoms with Crippen molar-refractivity contribution in [1.29, 1.82) is 0 Å². The van der Waals surface area contributed by atoms with Crippen LogP contribution in [0.3, 0.4) is 0 Å². The number of aromatic nitrogens is 6. The Morgan fingerprint density at radius 3 is 2.50 bits per heavy atom. The third-order valence-electron chi connectivity index (χ3n) is 8.33. The lowest BCUT2D eigenvalue weighted by molar-refractivity contribution is 0.0691. The molecule has 204 valence electrons. The molecule has 8 nitrogen and oxygen atoms in total. The number of carbonyl (C=O) groups excluding carboxylic acids is 1. The monoisotopic (exact) mass is 533 g/mol. The van der Waals surface area contributed by atoms with Gasteiger partial charge in [0.25, 0.3) is 5.91 Å². The van der Waals surface area contributed by atoms with Crippen LogP contribution in [0.2, 0.25) is 0 Å². The summed E-state index contributed by atoms with van der Waals surface area (Å²) in [5.74, 6) is 1.49. The van der Waals surface area contributed by atoms with E-state index in [9.17, 15) is 4.79 Å². The van der Waals surface area contributed by atoms with Crippen molar-refractivity contribution in [3.63, 3.8) is 0 Å². The lowest BCUT2D eigenvalue weighted by Gasteiger charge is -2.31. The van der Waals surface area contributed by atoms with E-state index in [1.54, 1.807) is 6.20 Å². The molecule has 0 N–H and O–H groups in total. The number of hydrogen-bond donors (Lipinski definition) is 0. The van der Waals surface area contributed by atoms with Crippen LogP contribution in [0.15, 0.2) is 67.1 Å². The maximum absolute atomic E-state index is 13.6. The fourth-order valence-electron chi connectivity index (χ4n) is 5.83. The van der Waals surface area contributed by atoms with Gasteiger partial charge in [-0.25, -0.2) is 9.50 Å². The summed E-state index contributed by atoms with van der Waals surface area (Å²) in [7, 11) is 0. The molecule has 0 spiro atoms. The molecule has 0 atom stereocenters. The third kappa shape index (κ3) is 5.13. The highest BCUT2D eigenvalue weighted by molar-refractivity contribution is 5.99. The summed E-state index contributed by atoms with van der Waals surface area (Å²) >= 11 is 0. The highest BCUT2D eigenvalue weighted by Gasteiger charge is 2.28. The van der Waals surface area contributed by atoms with Gasteiger partial charge in [0, 0.05) is 37.3 Å². The second-order valence-corrected chi connectivity index (χ2v) is 11.0. The van der Waals surface area contributed by atoms with Gasteiger partial charge in [0.05, 0.1) is 12.7 Å². The minimum absolute atomic E-state index is 0.0126. The smallest absolute Gasteiger partial charge is 0.259 e. The maximum Gasteiger partial charge on any atom is 0.259 e.